The van der Waals surface area contributed by atoms with E-state index in [9.17, 15) is 14.9 Å². The summed E-state index contributed by atoms with van der Waals surface area (Å²) in [5.41, 5.74) is 0.790. The van der Waals surface area contributed by atoms with E-state index in [1.54, 1.807) is 13.1 Å². The van der Waals surface area contributed by atoms with Crippen LogP contribution < -0.4 is 16.0 Å². The topological polar surface area (TPSA) is 96.3 Å². The SMILES string of the molecule is CNc1cc(NCC(=O)NC(C)(C)C)cc([N+](=O)[O-])c1. The summed E-state index contributed by atoms with van der Waals surface area (Å²) in [6, 6.07) is 4.53. The van der Waals surface area contributed by atoms with E-state index in [1.807, 2.05) is 20.8 Å². The fraction of sp³-hybridized carbons (Fsp3) is 0.462. The highest BCUT2D eigenvalue weighted by atomic mass is 16.6. The lowest BCUT2D eigenvalue weighted by Crippen LogP contribution is -2.43. The van der Waals surface area contributed by atoms with Gasteiger partial charge in [0, 0.05) is 36.1 Å². The zero-order chi connectivity index (χ0) is 15.3. The van der Waals surface area contributed by atoms with Crippen LogP contribution in [0.4, 0.5) is 17.1 Å². The molecule has 0 spiro atoms. The summed E-state index contributed by atoms with van der Waals surface area (Å²) in [6.07, 6.45) is 0. The molecule has 1 amide bonds. The Hall–Kier alpha value is -2.31. The zero-order valence-electron chi connectivity index (χ0n) is 12.1. The van der Waals surface area contributed by atoms with Crippen LogP contribution in [-0.4, -0.2) is 30.0 Å². The van der Waals surface area contributed by atoms with Crippen molar-refractivity contribution in [3.8, 4) is 0 Å². The number of nitro groups is 1. The molecular formula is C13H20N4O3. The summed E-state index contributed by atoms with van der Waals surface area (Å²) < 4.78 is 0. The van der Waals surface area contributed by atoms with Gasteiger partial charge in [-0.2, -0.15) is 0 Å². The Morgan fingerprint density at radius 1 is 1.25 bits per heavy atom. The number of benzene rings is 1. The third-order valence-electron chi connectivity index (χ3n) is 2.38. The van der Waals surface area contributed by atoms with Crippen molar-refractivity contribution < 1.29 is 9.72 Å². The predicted molar refractivity (Wildman–Crippen MR) is 79.0 cm³/mol. The Balaban J connectivity index is 2.75. The summed E-state index contributed by atoms with van der Waals surface area (Å²) in [7, 11) is 1.68. The van der Waals surface area contributed by atoms with Gasteiger partial charge in [0.15, 0.2) is 0 Å². The Morgan fingerprint density at radius 2 is 1.85 bits per heavy atom. The number of anilines is 2. The molecule has 0 radical (unpaired) electrons. The molecule has 0 saturated carbocycles. The van der Waals surface area contributed by atoms with Crippen LogP contribution in [0.15, 0.2) is 18.2 Å². The van der Waals surface area contributed by atoms with Gasteiger partial charge in [0.25, 0.3) is 5.69 Å². The molecule has 7 nitrogen and oxygen atoms in total. The molecule has 7 heteroatoms. The summed E-state index contributed by atoms with van der Waals surface area (Å²) >= 11 is 0. The molecule has 0 aliphatic rings. The number of carbonyl (C=O) groups excluding carboxylic acids is 1. The lowest BCUT2D eigenvalue weighted by atomic mass is 10.1. The fourth-order valence-corrected chi connectivity index (χ4v) is 1.61. The lowest BCUT2D eigenvalue weighted by Gasteiger charge is -2.20. The van der Waals surface area contributed by atoms with Crippen LogP contribution in [0, 0.1) is 10.1 Å². The largest absolute Gasteiger partial charge is 0.388 e. The van der Waals surface area contributed by atoms with Crippen molar-refractivity contribution >= 4 is 23.0 Å². The normalized spacial score (nSPS) is 10.8. The number of rotatable bonds is 5. The standard InChI is InChI=1S/C13H20N4O3/c1-13(2,3)16-12(18)8-15-10-5-9(14-4)6-11(7-10)17(19)20/h5-7,14-15H,8H2,1-4H3,(H,16,18). The molecule has 0 aliphatic heterocycles. The number of carbonyl (C=O) groups is 1. The fourth-order valence-electron chi connectivity index (χ4n) is 1.61. The van der Waals surface area contributed by atoms with Gasteiger partial charge in [0.05, 0.1) is 11.5 Å². The minimum Gasteiger partial charge on any atom is -0.388 e. The van der Waals surface area contributed by atoms with E-state index in [2.05, 4.69) is 16.0 Å². The summed E-state index contributed by atoms with van der Waals surface area (Å²) in [6.45, 7) is 5.72. The first kappa shape index (κ1) is 15.7. The molecule has 3 N–H and O–H groups in total. The van der Waals surface area contributed by atoms with Gasteiger partial charge >= 0.3 is 0 Å². The molecule has 20 heavy (non-hydrogen) atoms. The molecule has 1 rings (SSSR count). The van der Waals surface area contributed by atoms with Crippen molar-refractivity contribution in [2.45, 2.75) is 26.3 Å². The maximum absolute atomic E-state index is 11.7. The average molecular weight is 280 g/mol. The van der Waals surface area contributed by atoms with Crippen molar-refractivity contribution in [1.29, 1.82) is 0 Å². The van der Waals surface area contributed by atoms with E-state index < -0.39 is 4.92 Å². The van der Waals surface area contributed by atoms with Crippen LogP contribution in [0.25, 0.3) is 0 Å². The van der Waals surface area contributed by atoms with E-state index in [-0.39, 0.29) is 23.7 Å². The van der Waals surface area contributed by atoms with Crippen LogP contribution >= 0.6 is 0 Å². The van der Waals surface area contributed by atoms with E-state index in [0.717, 1.165) is 0 Å². The number of nitrogens with one attached hydrogen (secondary N) is 3. The first-order valence-corrected chi connectivity index (χ1v) is 6.23. The van der Waals surface area contributed by atoms with Crippen molar-refractivity contribution in [3.63, 3.8) is 0 Å². The van der Waals surface area contributed by atoms with E-state index in [0.29, 0.717) is 11.4 Å². The van der Waals surface area contributed by atoms with Crippen LogP contribution in [0.1, 0.15) is 20.8 Å². The Kier molecular flexibility index (Phi) is 4.90. The van der Waals surface area contributed by atoms with E-state index in [1.165, 1.54) is 12.1 Å². The van der Waals surface area contributed by atoms with Gasteiger partial charge in [-0.25, -0.2) is 0 Å². The van der Waals surface area contributed by atoms with Gasteiger partial charge < -0.3 is 16.0 Å². The second kappa shape index (κ2) is 6.23. The molecule has 1 aromatic rings. The molecule has 110 valence electrons. The highest BCUT2D eigenvalue weighted by Gasteiger charge is 2.14. The van der Waals surface area contributed by atoms with E-state index in [4.69, 9.17) is 0 Å². The number of non-ortho nitro benzene ring substituents is 1. The van der Waals surface area contributed by atoms with Crippen LogP contribution in [0.5, 0.6) is 0 Å². The number of nitrogens with zero attached hydrogens (tertiary/aromatic N) is 1. The third-order valence-corrected chi connectivity index (χ3v) is 2.38. The van der Waals surface area contributed by atoms with Crippen molar-refractivity contribution in [2.24, 2.45) is 0 Å². The minimum absolute atomic E-state index is 0.0319. The molecule has 0 unspecified atom stereocenters. The number of nitro benzene ring substituents is 1. The van der Waals surface area contributed by atoms with Gasteiger partial charge in [0.1, 0.15) is 0 Å². The highest BCUT2D eigenvalue weighted by molar-refractivity contribution is 5.81. The Morgan fingerprint density at radius 3 is 2.35 bits per heavy atom. The van der Waals surface area contributed by atoms with Crippen LogP contribution in [-0.2, 0) is 4.79 Å². The average Bonchev–Trinajstić information content (AvgIpc) is 2.33. The molecule has 0 atom stereocenters. The molecular weight excluding hydrogens is 260 g/mol. The summed E-state index contributed by atoms with van der Waals surface area (Å²) in [5, 5.41) is 19.3. The number of hydrogen-bond acceptors (Lipinski definition) is 5. The number of amides is 1. The summed E-state index contributed by atoms with van der Waals surface area (Å²) in [4.78, 5) is 22.0. The first-order chi connectivity index (χ1) is 9.21. The number of hydrogen-bond donors (Lipinski definition) is 3. The van der Waals surface area contributed by atoms with Gasteiger partial charge in [0.2, 0.25) is 5.91 Å². The first-order valence-electron chi connectivity index (χ1n) is 6.23. The van der Waals surface area contributed by atoms with Gasteiger partial charge in [-0.15, -0.1) is 0 Å². The molecule has 0 fully saturated rings. The maximum atomic E-state index is 11.7. The molecule has 0 aromatic heterocycles. The van der Waals surface area contributed by atoms with Gasteiger partial charge in [-0.1, -0.05) is 0 Å². The second-order valence-corrected chi connectivity index (χ2v) is 5.43. The van der Waals surface area contributed by atoms with Crippen molar-refractivity contribution in [2.75, 3.05) is 24.2 Å². The Bertz CT molecular complexity index is 509. The van der Waals surface area contributed by atoms with Crippen LogP contribution in [0.2, 0.25) is 0 Å². The lowest BCUT2D eigenvalue weighted by molar-refractivity contribution is -0.384. The molecule has 1 aromatic carbocycles. The smallest absolute Gasteiger partial charge is 0.273 e. The zero-order valence-corrected chi connectivity index (χ0v) is 12.1. The maximum Gasteiger partial charge on any atom is 0.273 e. The van der Waals surface area contributed by atoms with Crippen molar-refractivity contribution in [3.05, 3.63) is 28.3 Å². The minimum atomic E-state index is -0.471. The predicted octanol–water partition coefficient (Wildman–Crippen LogP) is 1.96. The van der Waals surface area contributed by atoms with Crippen LogP contribution in [0.3, 0.4) is 0 Å². The highest BCUT2D eigenvalue weighted by Crippen LogP contribution is 2.23. The summed E-state index contributed by atoms with van der Waals surface area (Å²) in [5.74, 6) is -0.171. The quantitative estimate of drug-likeness (QED) is 0.566. The molecule has 0 bridgehead atoms. The molecule has 0 heterocycles. The van der Waals surface area contributed by atoms with Gasteiger partial charge in [-0.05, 0) is 26.8 Å². The molecule has 0 saturated heterocycles. The van der Waals surface area contributed by atoms with Gasteiger partial charge in [-0.3, -0.25) is 14.9 Å². The second-order valence-electron chi connectivity index (χ2n) is 5.43. The van der Waals surface area contributed by atoms with Crippen molar-refractivity contribution in [1.82, 2.24) is 5.32 Å². The monoisotopic (exact) mass is 280 g/mol. The van der Waals surface area contributed by atoms with E-state index >= 15 is 0 Å². The Labute approximate surface area is 117 Å². The third kappa shape index (κ3) is 5.13. The molecule has 0 aliphatic carbocycles.